The molecule has 10 heteroatoms. The van der Waals surface area contributed by atoms with Gasteiger partial charge in [-0.15, -0.1) is 0 Å². The van der Waals surface area contributed by atoms with Crippen LogP contribution in [0.3, 0.4) is 0 Å². The molecule has 1 unspecified atom stereocenters. The standard InChI is InChI=1S/C37H73O8P.Na/c1-3-5-7-9-11-13-15-17-19-21-23-25-27-29-31-36(38)43-33-35(34-44-46(40,41)42)45-37(39)32-30-28-26-24-22-20-18-16-14-12-10-8-6-4-2;/h35H,3-34H2,1-2H3,(H2,40,41,42);/q;+1/p-1/t35-;/m1./s1. The minimum Gasteiger partial charge on any atom is -0.756 e. The first-order valence-electron chi connectivity index (χ1n) is 19.3. The molecular weight excluding hydrogens is 626 g/mol. The molecule has 8 nitrogen and oxygen atoms in total. The molecule has 0 aliphatic carbocycles. The third-order valence-corrected chi connectivity index (χ3v) is 9.10. The molecule has 274 valence electrons. The Morgan fingerprint density at radius 3 is 1.15 bits per heavy atom. The van der Waals surface area contributed by atoms with Crippen LogP contribution in [0.2, 0.25) is 0 Å². The molecule has 0 radical (unpaired) electrons. The Hall–Kier alpha value is 0.0500. The van der Waals surface area contributed by atoms with Crippen LogP contribution in [-0.4, -0.2) is 36.1 Å². The van der Waals surface area contributed by atoms with Crippen LogP contribution in [-0.2, 0) is 28.2 Å². The van der Waals surface area contributed by atoms with Gasteiger partial charge in [-0.25, -0.2) is 0 Å². The second-order valence-corrected chi connectivity index (χ2v) is 14.4. The van der Waals surface area contributed by atoms with E-state index >= 15 is 0 Å². The molecule has 0 bridgehead atoms. The SMILES string of the molecule is CCCCCCCCCCCCCCCCC(=O)OC[C@H](COP(=O)([O-])O)OC(=O)CCCCCCCCCCCCCCCC.[Na+]. The first kappa shape index (κ1) is 49.2. The monoisotopic (exact) mass is 698 g/mol. The first-order valence-corrected chi connectivity index (χ1v) is 20.8. The van der Waals surface area contributed by atoms with Crippen molar-refractivity contribution in [2.75, 3.05) is 13.2 Å². The molecule has 0 aromatic heterocycles. The number of carbonyl (C=O) groups is 2. The fourth-order valence-electron chi connectivity index (χ4n) is 5.72. The molecule has 2 atom stereocenters. The van der Waals surface area contributed by atoms with E-state index in [1.807, 2.05) is 0 Å². The van der Waals surface area contributed by atoms with E-state index in [4.69, 9.17) is 14.4 Å². The number of phosphoric acid groups is 1. The zero-order chi connectivity index (χ0) is 34.0. The van der Waals surface area contributed by atoms with Crippen LogP contribution in [0, 0.1) is 0 Å². The minimum atomic E-state index is -4.99. The zero-order valence-electron chi connectivity index (χ0n) is 31.0. The third-order valence-electron chi connectivity index (χ3n) is 8.62. The topological polar surface area (TPSA) is 122 Å². The third kappa shape index (κ3) is 40.4. The van der Waals surface area contributed by atoms with Gasteiger partial charge in [-0.2, -0.15) is 0 Å². The van der Waals surface area contributed by atoms with Crippen molar-refractivity contribution in [3.8, 4) is 0 Å². The second-order valence-electron chi connectivity index (χ2n) is 13.3. The maximum Gasteiger partial charge on any atom is 1.00 e. The summed E-state index contributed by atoms with van der Waals surface area (Å²) in [5.74, 6) is -0.907. The van der Waals surface area contributed by atoms with Gasteiger partial charge in [-0.05, 0) is 12.8 Å². The van der Waals surface area contributed by atoms with Crippen molar-refractivity contribution < 1.29 is 67.5 Å². The van der Waals surface area contributed by atoms with Crippen LogP contribution < -0.4 is 34.5 Å². The van der Waals surface area contributed by atoms with E-state index in [-0.39, 0.29) is 49.0 Å². The number of hydrogen-bond donors (Lipinski definition) is 1. The van der Waals surface area contributed by atoms with E-state index in [9.17, 15) is 19.0 Å². The van der Waals surface area contributed by atoms with Gasteiger partial charge in [0, 0.05) is 12.8 Å². The molecular formula is C37H72NaO8P. The Balaban J connectivity index is 0. The average Bonchev–Trinajstić information content (AvgIpc) is 3.02. The summed E-state index contributed by atoms with van der Waals surface area (Å²) in [6.45, 7) is 3.60. The molecule has 0 amide bonds. The molecule has 0 aliphatic heterocycles. The van der Waals surface area contributed by atoms with E-state index in [1.165, 1.54) is 135 Å². The van der Waals surface area contributed by atoms with E-state index in [0.29, 0.717) is 6.42 Å². The quantitative estimate of drug-likeness (QED) is 0.0306. The predicted octanol–water partition coefficient (Wildman–Crippen LogP) is 7.67. The first-order chi connectivity index (χ1) is 22.3. The van der Waals surface area contributed by atoms with Crippen LogP contribution in [0.25, 0.3) is 0 Å². The number of hydrogen-bond acceptors (Lipinski definition) is 7. The van der Waals surface area contributed by atoms with Crippen molar-refractivity contribution in [1.29, 1.82) is 0 Å². The molecule has 1 N–H and O–H groups in total. The summed E-state index contributed by atoms with van der Waals surface area (Å²) in [6, 6.07) is 0. The Bertz CT molecular complexity index is 733. The van der Waals surface area contributed by atoms with Crippen LogP contribution in [0.4, 0.5) is 0 Å². The van der Waals surface area contributed by atoms with Crippen LogP contribution in [0.15, 0.2) is 0 Å². The maximum atomic E-state index is 12.3. The fraction of sp³-hybridized carbons (Fsp3) is 0.946. The summed E-state index contributed by atoms with van der Waals surface area (Å²) in [5, 5.41) is 0. The molecule has 47 heavy (non-hydrogen) atoms. The minimum absolute atomic E-state index is 0. The molecule has 0 spiro atoms. The van der Waals surface area contributed by atoms with Gasteiger partial charge in [0.15, 0.2) is 6.10 Å². The number of unbranched alkanes of at least 4 members (excludes halogenated alkanes) is 26. The molecule has 0 rings (SSSR count). The summed E-state index contributed by atoms with van der Waals surface area (Å²) in [6.07, 6.45) is 33.7. The van der Waals surface area contributed by atoms with Crippen molar-refractivity contribution in [2.45, 2.75) is 213 Å². The van der Waals surface area contributed by atoms with Crippen molar-refractivity contribution in [3.63, 3.8) is 0 Å². The van der Waals surface area contributed by atoms with E-state index in [1.54, 1.807) is 0 Å². The molecule has 0 saturated heterocycles. The smallest absolute Gasteiger partial charge is 0.756 e. The fourth-order valence-corrected chi connectivity index (χ4v) is 6.08. The molecule has 0 aromatic carbocycles. The summed E-state index contributed by atoms with van der Waals surface area (Å²) < 4.78 is 26.0. The average molecular weight is 699 g/mol. The van der Waals surface area contributed by atoms with Gasteiger partial charge in [-0.1, -0.05) is 181 Å². The summed E-state index contributed by atoms with van der Waals surface area (Å²) in [7, 11) is -4.99. The number of esters is 2. The Kier molecular flexibility index (Phi) is 39.0. The van der Waals surface area contributed by atoms with Crippen LogP contribution >= 0.6 is 7.82 Å². The largest absolute Gasteiger partial charge is 1.00 e. The summed E-state index contributed by atoms with van der Waals surface area (Å²) >= 11 is 0. The van der Waals surface area contributed by atoms with Crippen molar-refractivity contribution in [2.24, 2.45) is 0 Å². The van der Waals surface area contributed by atoms with Crippen molar-refractivity contribution >= 4 is 19.8 Å². The summed E-state index contributed by atoms with van der Waals surface area (Å²) in [5.41, 5.74) is 0. The molecule has 0 heterocycles. The number of phosphoric ester groups is 1. The van der Waals surface area contributed by atoms with E-state index in [0.717, 1.165) is 38.5 Å². The van der Waals surface area contributed by atoms with Gasteiger partial charge in [0.25, 0.3) is 7.82 Å². The molecule has 0 fully saturated rings. The maximum absolute atomic E-state index is 12.3. The second kappa shape index (κ2) is 37.3. The van der Waals surface area contributed by atoms with Crippen molar-refractivity contribution in [1.82, 2.24) is 0 Å². The van der Waals surface area contributed by atoms with Gasteiger partial charge in [0.1, 0.15) is 6.61 Å². The van der Waals surface area contributed by atoms with Gasteiger partial charge in [0.05, 0.1) is 6.61 Å². The van der Waals surface area contributed by atoms with Gasteiger partial charge >= 0.3 is 41.5 Å². The van der Waals surface area contributed by atoms with Crippen LogP contribution in [0.1, 0.15) is 206 Å². The number of ether oxygens (including phenoxy) is 2. The number of rotatable bonds is 36. The summed E-state index contributed by atoms with van der Waals surface area (Å²) in [4.78, 5) is 44.5. The molecule has 0 aliphatic rings. The van der Waals surface area contributed by atoms with Crippen molar-refractivity contribution in [3.05, 3.63) is 0 Å². The zero-order valence-corrected chi connectivity index (χ0v) is 33.9. The Morgan fingerprint density at radius 1 is 0.532 bits per heavy atom. The Morgan fingerprint density at radius 2 is 0.830 bits per heavy atom. The normalized spacial score (nSPS) is 13.1. The number of carbonyl (C=O) groups excluding carboxylic acids is 2. The van der Waals surface area contributed by atoms with E-state index < -0.39 is 32.5 Å². The van der Waals surface area contributed by atoms with Crippen LogP contribution in [0.5, 0.6) is 0 Å². The molecule has 0 aromatic rings. The predicted molar refractivity (Wildman–Crippen MR) is 186 cm³/mol. The van der Waals surface area contributed by atoms with Gasteiger partial charge < -0.3 is 23.8 Å². The Labute approximate surface area is 311 Å². The van der Waals surface area contributed by atoms with Gasteiger partial charge in [-0.3, -0.25) is 14.2 Å². The molecule has 0 saturated carbocycles. The van der Waals surface area contributed by atoms with E-state index in [2.05, 4.69) is 18.4 Å². The van der Waals surface area contributed by atoms with Gasteiger partial charge in [0.2, 0.25) is 0 Å².